The highest BCUT2D eigenvalue weighted by Gasteiger charge is 2.00. The van der Waals surface area contributed by atoms with Crippen molar-refractivity contribution in [2.45, 2.75) is 12.8 Å². The average Bonchev–Trinajstić information content (AvgIpc) is 2.58. The van der Waals surface area contributed by atoms with Crippen molar-refractivity contribution < 1.29 is 0 Å². The molecule has 1 aromatic rings. The SMILES string of the molecule is CN(CCCN)CCc1cc(Br)cs1. The Balaban J connectivity index is 2.20. The van der Waals surface area contributed by atoms with Gasteiger partial charge in [0, 0.05) is 21.3 Å². The van der Waals surface area contributed by atoms with Crippen molar-refractivity contribution in [3.8, 4) is 0 Å². The molecule has 80 valence electrons. The van der Waals surface area contributed by atoms with E-state index in [0.29, 0.717) is 0 Å². The monoisotopic (exact) mass is 276 g/mol. The largest absolute Gasteiger partial charge is 0.330 e. The number of rotatable bonds is 6. The summed E-state index contributed by atoms with van der Waals surface area (Å²) >= 11 is 5.28. The highest BCUT2D eigenvalue weighted by atomic mass is 79.9. The minimum Gasteiger partial charge on any atom is -0.330 e. The third-order valence-electron chi connectivity index (χ3n) is 2.11. The molecule has 0 amide bonds. The summed E-state index contributed by atoms with van der Waals surface area (Å²) in [6.07, 6.45) is 2.22. The fourth-order valence-electron chi connectivity index (χ4n) is 1.26. The Morgan fingerprint density at radius 2 is 2.29 bits per heavy atom. The summed E-state index contributed by atoms with van der Waals surface area (Å²) in [5, 5.41) is 2.13. The average molecular weight is 277 g/mol. The van der Waals surface area contributed by atoms with Crippen LogP contribution in [0.1, 0.15) is 11.3 Å². The fourth-order valence-corrected chi connectivity index (χ4v) is 2.70. The lowest BCUT2D eigenvalue weighted by molar-refractivity contribution is 0.336. The fraction of sp³-hybridized carbons (Fsp3) is 0.600. The molecular weight excluding hydrogens is 260 g/mol. The van der Waals surface area contributed by atoms with E-state index in [0.717, 1.165) is 32.5 Å². The summed E-state index contributed by atoms with van der Waals surface area (Å²) in [5.74, 6) is 0. The highest BCUT2D eigenvalue weighted by Crippen LogP contribution is 2.20. The maximum absolute atomic E-state index is 5.46. The molecule has 0 aliphatic heterocycles. The van der Waals surface area contributed by atoms with Crippen molar-refractivity contribution in [2.24, 2.45) is 5.73 Å². The van der Waals surface area contributed by atoms with Gasteiger partial charge >= 0.3 is 0 Å². The lowest BCUT2D eigenvalue weighted by atomic mass is 10.3. The number of nitrogens with two attached hydrogens (primary N) is 1. The zero-order chi connectivity index (χ0) is 10.4. The molecule has 0 radical (unpaired) electrons. The van der Waals surface area contributed by atoms with E-state index in [-0.39, 0.29) is 0 Å². The molecular formula is C10H17BrN2S. The smallest absolute Gasteiger partial charge is 0.0285 e. The van der Waals surface area contributed by atoms with Crippen LogP contribution in [0.4, 0.5) is 0 Å². The maximum atomic E-state index is 5.46. The first kappa shape index (κ1) is 12.2. The summed E-state index contributed by atoms with van der Waals surface area (Å²) in [7, 11) is 2.15. The van der Waals surface area contributed by atoms with Gasteiger partial charge in [0.2, 0.25) is 0 Å². The van der Waals surface area contributed by atoms with Crippen LogP contribution in [0.15, 0.2) is 15.9 Å². The zero-order valence-electron chi connectivity index (χ0n) is 8.50. The normalized spacial score (nSPS) is 11.1. The molecule has 1 aromatic heterocycles. The molecule has 0 unspecified atom stereocenters. The number of likely N-dealkylation sites (N-methyl/N-ethyl adjacent to an activating group) is 1. The van der Waals surface area contributed by atoms with Gasteiger partial charge in [-0.2, -0.15) is 0 Å². The van der Waals surface area contributed by atoms with Gasteiger partial charge in [-0.25, -0.2) is 0 Å². The van der Waals surface area contributed by atoms with E-state index >= 15 is 0 Å². The van der Waals surface area contributed by atoms with Gasteiger partial charge in [-0.05, 0) is 55.0 Å². The number of nitrogens with zero attached hydrogens (tertiary/aromatic N) is 1. The van der Waals surface area contributed by atoms with E-state index in [1.807, 2.05) is 11.3 Å². The molecule has 0 aromatic carbocycles. The Morgan fingerprint density at radius 1 is 1.50 bits per heavy atom. The minimum atomic E-state index is 0.787. The van der Waals surface area contributed by atoms with Crippen LogP contribution >= 0.6 is 27.3 Å². The predicted molar refractivity (Wildman–Crippen MR) is 66.9 cm³/mol. The van der Waals surface area contributed by atoms with E-state index in [1.165, 1.54) is 9.35 Å². The molecule has 0 bridgehead atoms. The summed E-state index contributed by atoms with van der Waals surface area (Å²) < 4.78 is 1.20. The Morgan fingerprint density at radius 3 is 2.86 bits per heavy atom. The van der Waals surface area contributed by atoms with E-state index < -0.39 is 0 Å². The third-order valence-corrected chi connectivity index (χ3v) is 3.86. The lowest BCUT2D eigenvalue weighted by Crippen LogP contribution is -2.23. The Hall–Kier alpha value is 0.1000. The second kappa shape index (κ2) is 6.56. The van der Waals surface area contributed by atoms with E-state index in [2.05, 4.69) is 39.3 Å². The molecule has 0 aliphatic rings. The number of thiophene rings is 1. The molecule has 0 saturated carbocycles. The highest BCUT2D eigenvalue weighted by molar-refractivity contribution is 9.10. The van der Waals surface area contributed by atoms with Gasteiger partial charge in [-0.1, -0.05) is 0 Å². The van der Waals surface area contributed by atoms with Crippen LogP contribution in [0.5, 0.6) is 0 Å². The topological polar surface area (TPSA) is 29.3 Å². The molecule has 0 fully saturated rings. The first-order chi connectivity index (χ1) is 6.72. The van der Waals surface area contributed by atoms with Crippen molar-refractivity contribution in [3.05, 3.63) is 20.8 Å². The summed E-state index contributed by atoms with van der Waals surface area (Å²) in [6, 6.07) is 2.20. The van der Waals surface area contributed by atoms with E-state index in [4.69, 9.17) is 5.73 Å². The molecule has 1 rings (SSSR count). The molecule has 0 aliphatic carbocycles. The van der Waals surface area contributed by atoms with Crippen LogP contribution in [-0.4, -0.2) is 31.6 Å². The van der Waals surface area contributed by atoms with Crippen LogP contribution < -0.4 is 5.73 Å². The van der Waals surface area contributed by atoms with Gasteiger partial charge in [0.25, 0.3) is 0 Å². The number of hydrogen-bond acceptors (Lipinski definition) is 3. The quantitative estimate of drug-likeness (QED) is 0.864. The van der Waals surface area contributed by atoms with Gasteiger partial charge in [-0.3, -0.25) is 0 Å². The van der Waals surface area contributed by atoms with Gasteiger partial charge in [0.1, 0.15) is 0 Å². The summed E-state index contributed by atoms with van der Waals surface area (Å²) in [5.41, 5.74) is 5.46. The summed E-state index contributed by atoms with van der Waals surface area (Å²) in [6.45, 7) is 3.00. The van der Waals surface area contributed by atoms with Crippen molar-refractivity contribution >= 4 is 27.3 Å². The van der Waals surface area contributed by atoms with Crippen molar-refractivity contribution in [3.63, 3.8) is 0 Å². The Bertz CT molecular complexity index is 262. The second-order valence-electron chi connectivity index (χ2n) is 3.43. The van der Waals surface area contributed by atoms with Crippen LogP contribution in [0.25, 0.3) is 0 Å². The zero-order valence-corrected chi connectivity index (χ0v) is 10.9. The summed E-state index contributed by atoms with van der Waals surface area (Å²) in [4.78, 5) is 3.77. The molecule has 0 atom stereocenters. The van der Waals surface area contributed by atoms with Crippen LogP contribution in [0, 0.1) is 0 Å². The molecule has 2 nitrogen and oxygen atoms in total. The van der Waals surface area contributed by atoms with Crippen LogP contribution in [0.2, 0.25) is 0 Å². The van der Waals surface area contributed by atoms with Crippen LogP contribution in [-0.2, 0) is 6.42 Å². The van der Waals surface area contributed by atoms with Crippen molar-refractivity contribution in [1.82, 2.24) is 4.90 Å². The molecule has 14 heavy (non-hydrogen) atoms. The van der Waals surface area contributed by atoms with Crippen molar-refractivity contribution in [1.29, 1.82) is 0 Å². The Labute approximate surface area is 98.2 Å². The molecule has 1 heterocycles. The molecule has 4 heteroatoms. The lowest BCUT2D eigenvalue weighted by Gasteiger charge is -2.14. The first-order valence-corrected chi connectivity index (χ1v) is 6.51. The van der Waals surface area contributed by atoms with Gasteiger partial charge in [-0.15, -0.1) is 11.3 Å². The molecule has 0 spiro atoms. The molecule has 2 N–H and O–H groups in total. The Kier molecular flexibility index (Phi) is 5.70. The predicted octanol–water partition coefficient (Wildman–Crippen LogP) is 2.33. The van der Waals surface area contributed by atoms with Crippen LogP contribution in [0.3, 0.4) is 0 Å². The molecule has 0 saturated heterocycles. The van der Waals surface area contributed by atoms with Gasteiger partial charge in [0.05, 0.1) is 0 Å². The third kappa shape index (κ3) is 4.55. The van der Waals surface area contributed by atoms with E-state index in [1.54, 1.807) is 0 Å². The van der Waals surface area contributed by atoms with Crippen molar-refractivity contribution in [2.75, 3.05) is 26.7 Å². The minimum absolute atomic E-state index is 0.787. The maximum Gasteiger partial charge on any atom is 0.0285 e. The second-order valence-corrected chi connectivity index (χ2v) is 5.34. The number of halogens is 1. The van der Waals surface area contributed by atoms with Gasteiger partial charge in [0.15, 0.2) is 0 Å². The van der Waals surface area contributed by atoms with Gasteiger partial charge < -0.3 is 10.6 Å². The van der Waals surface area contributed by atoms with E-state index in [9.17, 15) is 0 Å². The first-order valence-electron chi connectivity index (χ1n) is 4.84. The number of hydrogen-bond donors (Lipinski definition) is 1. The standard InChI is InChI=1S/C10H17BrN2S/c1-13(5-2-4-12)6-3-10-7-9(11)8-14-10/h7-8H,2-6,12H2,1H3.